The number of amides is 2. The maximum Gasteiger partial charge on any atom is 0.323 e. The predicted octanol–water partition coefficient (Wildman–Crippen LogP) is 6.78. The van der Waals surface area contributed by atoms with Gasteiger partial charge >= 0.3 is 12.0 Å². The lowest BCUT2D eigenvalue weighted by atomic mass is 9.80. The molecule has 180 valence electrons. The van der Waals surface area contributed by atoms with Crippen LogP contribution < -0.4 is 10.6 Å². The number of Topliss-reactive ketones (excluding diaryl/α,β-unsaturated/α-hetero) is 1. The summed E-state index contributed by atoms with van der Waals surface area (Å²) in [5, 5.41) is 5.27. The lowest BCUT2D eigenvalue weighted by molar-refractivity contribution is -0.132. The fourth-order valence-corrected chi connectivity index (χ4v) is 4.64. The van der Waals surface area contributed by atoms with E-state index in [2.05, 4.69) is 13.7 Å². The summed E-state index contributed by atoms with van der Waals surface area (Å²) in [6.45, 7) is 3.87. The minimum Gasteiger partial charge on any atom is -0.394 e. The number of aryl methyl sites for hydroxylation is 3. The fourth-order valence-electron chi connectivity index (χ4n) is 4.46. The summed E-state index contributed by atoms with van der Waals surface area (Å²) < 4.78 is 19.5. The molecule has 3 aromatic rings. The van der Waals surface area contributed by atoms with Crippen molar-refractivity contribution in [2.75, 3.05) is 10.6 Å². The van der Waals surface area contributed by atoms with E-state index in [-0.39, 0.29) is 23.8 Å². The van der Waals surface area contributed by atoms with Crippen LogP contribution in [0.4, 0.5) is 20.6 Å². The topological polar surface area (TPSA) is 84.5 Å². The number of halogens is 2. The van der Waals surface area contributed by atoms with E-state index in [9.17, 15) is 18.8 Å². The van der Waals surface area contributed by atoms with E-state index in [4.69, 9.17) is 0 Å². The molecule has 0 saturated heterocycles. The minimum atomic E-state index is -0.566. The molecule has 1 unspecified atom stereocenters. The molecule has 3 aromatic carbocycles. The molecule has 1 aliphatic rings. The van der Waals surface area contributed by atoms with Gasteiger partial charge in [-0.3, -0.25) is 9.59 Å². The lowest BCUT2D eigenvalue weighted by Crippen LogP contribution is -2.25. The number of carbonyl (C=O) groups is 3. The molecule has 2 N–H and O–H groups in total. The summed E-state index contributed by atoms with van der Waals surface area (Å²) in [5.41, 5.74) is 5.60. The number of rotatable bonds is 5. The molecule has 0 radical (unpaired) electrons. The van der Waals surface area contributed by atoms with Crippen LogP contribution in [0.5, 0.6) is 0 Å². The Morgan fingerprint density at radius 2 is 1.69 bits per heavy atom. The zero-order chi connectivity index (χ0) is 25.1. The molecule has 1 aliphatic carbocycles. The first-order valence-electron chi connectivity index (χ1n) is 11.2. The van der Waals surface area contributed by atoms with Gasteiger partial charge in [0.25, 0.3) is 0 Å². The highest BCUT2D eigenvalue weighted by atomic mass is 127. The first-order chi connectivity index (χ1) is 16.7. The Morgan fingerprint density at radius 1 is 1.00 bits per heavy atom. The third kappa shape index (κ3) is 5.87. The van der Waals surface area contributed by atoms with Gasteiger partial charge in [0.15, 0.2) is 28.8 Å². The molecule has 2 amide bonds. The summed E-state index contributed by atoms with van der Waals surface area (Å²) in [6, 6.07) is 15.1. The standard InChI is InChI=1S/C27H24FIN2O4/c1-15-9-16(2)11-21(10-15)30-27(34)31-24-8-6-18(13-23(24)28)17-5-7-22-19(12-17)3-4-20(26(22)33)14-25(32)35-29/h5-13,20H,3-4,14H2,1-2H3,(H2,30,31,34). The van der Waals surface area contributed by atoms with Crippen LogP contribution >= 0.6 is 23.0 Å². The second kappa shape index (κ2) is 10.6. The van der Waals surface area contributed by atoms with Gasteiger partial charge in [0.05, 0.1) is 12.1 Å². The molecule has 6 nitrogen and oxygen atoms in total. The predicted molar refractivity (Wildman–Crippen MR) is 141 cm³/mol. The van der Waals surface area contributed by atoms with E-state index in [0.29, 0.717) is 29.7 Å². The van der Waals surface area contributed by atoms with Crippen molar-refractivity contribution in [1.29, 1.82) is 0 Å². The lowest BCUT2D eigenvalue weighted by Gasteiger charge is -2.23. The Kier molecular flexibility index (Phi) is 7.49. The smallest absolute Gasteiger partial charge is 0.323 e. The van der Waals surface area contributed by atoms with Crippen LogP contribution in [-0.4, -0.2) is 17.8 Å². The SMILES string of the molecule is Cc1cc(C)cc(NC(=O)Nc2ccc(-c3ccc4c(c3)CCC(CC(=O)OI)C4=O)cc2F)c1. The number of nitrogens with one attached hydrogen (secondary N) is 2. The average molecular weight is 586 g/mol. The van der Waals surface area contributed by atoms with Crippen molar-refractivity contribution in [3.05, 3.63) is 82.7 Å². The highest BCUT2D eigenvalue weighted by molar-refractivity contribution is 14.1. The maximum absolute atomic E-state index is 14.8. The van der Waals surface area contributed by atoms with Crippen LogP contribution in [0.1, 0.15) is 39.9 Å². The van der Waals surface area contributed by atoms with Crippen LogP contribution in [0.3, 0.4) is 0 Å². The molecule has 0 fully saturated rings. The Labute approximate surface area is 217 Å². The second-order valence-electron chi connectivity index (χ2n) is 8.78. The van der Waals surface area contributed by atoms with E-state index in [0.717, 1.165) is 22.3 Å². The van der Waals surface area contributed by atoms with Crippen molar-refractivity contribution in [2.24, 2.45) is 5.92 Å². The van der Waals surface area contributed by atoms with Gasteiger partial charge in [0, 0.05) is 17.2 Å². The van der Waals surface area contributed by atoms with E-state index < -0.39 is 17.8 Å². The molecular formula is C27H24FIN2O4. The number of carbonyl (C=O) groups excluding carboxylic acids is 3. The van der Waals surface area contributed by atoms with Crippen molar-refractivity contribution in [3.8, 4) is 11.1 Å². The summed E-state index contributed by atoms with van der Waals surface area (Å²) in [4.78, 5) is 36.7. The monoisotopic (exact) mass is 586 g/mol. The Morgan fingerprint density at radius 3 is 2.37 bits per heavy atom. The summed E-state index contributed by atoms with van der Waals surface area (Å²) in [5.74, 6) is -1.42. The van der Waals surface area contributed by atoms with Gasteiger partial charge in [-0.1, -0.05) is 30.3 Å². The van der Waals surface area contributed by atoms with E-state index in [1.54, 1.807) is 18.2 Å². The summed E-state index contributed by atoms with van der Waals surface area (Å²) in [7, 11) is 0. The summed E-state index contributed by atoms with van der Waals surface area (Å²) in [6.07, 6.45) is 1.28. The van der Waals surface area contributed by atoms with Gasteiger partial charge in [-0.05, 0) is 78.8 Å². The zero-order valence-corrected chi connectivity index (χ0v) is 21.4. The van der Waals surface area contributed by atoms with Gasteiger partial charge in [-0.2, -0.15) is 0 Å². The number of anilines is 2. The van der Waals surface area contributed by atoms with Crippen molar-refractivity contribution >= 4 is 52.2 Å². The van der Waals surface area contributed by atoms with E-state index in [1.165, 1.54) is 35.1 Å². The first-order valence-corrected chi connectivity index (χ1v) is 12.1. The molecule has 35 heavy (non-hydrogen) atoms. The molecule has 0 saturated carbocycles. The molecule has 0 aromatic heterocycles. The number of hydrogen-bond acceptors (Lipinski definition) is 4. The zero-order valence-electron chi connectivity index (χ0n) is 19.3. The van der Waals surface area contributed by atoms with Crippen molar-refractivity contribution in [3.63, 3.8) is 0 Å². The average Bonchev–Trinajstić information content (AvgIpc) is 2.81. The van der Waals surface area contributed by atoms with Gasteiger partial charge in [-0.25, -0.2) is 9.18 Å². The normalized spacial score (nSPS) is 14.7. The van der Waals surface area contributed by atoms with Crippen LogP contribution in [-0.2, 0) is 14.3 Å². The van der Waals surface area contributed by atoms with Crippen molar-refractivity contribution in [1.82, 2.24) is 0 Å². The van der Waals surface area contributed by atoms with Crippen LogP contribution in [0, 0.1) is 25.6 Å². The number of hydrogen-bond donors (Lipinski definition) is 2. The van der Waals surface area contributed by atoms with Crippen LogP contribution in [0.15, 0.2) is 54.6 Å². The Bertz CT molecular complexity index is 1300. The summed E-state index contributed by atoms with van der Waals surface area (Å²) >= 11 is 1.53. The Balaban J connectivity index is 1.47. The molecule has 0 bridgehead atoms. The van der Waals surface area contributed by atoms with Crippen molar-refractivity contribution in [2.45, 2.75) is 33.1 Å². The quantitative estimate of drug-likeness (QED) is 0.323. The number of ketones is 1. The molecule has 0 aliphatic heterocycles. The molecule has 0 spiro atoms. The molecule has 8 heteroatoms. The number of fused-ring (bicyclic) bond motifs is 1. The maximum atomic E-state index is 14.8. The van der Waals surface area contributed by atoms with Gasteiger partial charge in [-0.15, -0.1) is 0 Å². The highest BCUT2D eigenvalue weighted by Crippen LogP contribution is 2.32. The van der Waals surface area contributed by atoms with E-state index >= 15 is 0 Å². The van der Waals surface area contributed by atoms with Gasteiger partial charge in [0.1, 0.15) is 5.82 Å². The van der Waals surface area contributed by atoms with Crippen LogP contribution in [0.2, 0.25) is 0 Å². The molecule has 0 heterocycles. The van der Waals surface area contributed by atoms with Gasteiger partial charge in [0.2, 0.25) is 0 Å². The number of urea groups is 1. The number of benzene rings is 3. The molecule has 1 atom stereocenters. The highest BCUT2D eigenvalue weighted by Gasteiger charge is 2.29. The molecule has 4 rings (SSSR count). The minimum absolute atomic E-state index is 0.0637. The third-order valence-corrected chi connectivity index (χ3v) is 6.52. The van der Waals surface area contributed by atoms with Gasteiger partial charge < -0.3 is 13.7 Å². The second-order valence-corrected chi connectivity index (χ2v) is 9.22. The Hall–Kier alpha value is -3.27. The van der Waals surface area contributed by atoms with Crippen LogP contribution in [0.25, 0.3) is 11.1 Å². The van der Waals surface area contributed by atoms with E-state index in [1.807, 2.05) is 38.1 Å². The van der Waals surface area contributed by atoms with Crippen molar-refractivity contribution < 1.29 is 21.8 Å². The first kappa shape index (κ1) is 24.8. The largest absolute Gasteiger partial charge is 0.394 e. The fraction of sp³-hybridized carbons (Fsp3) is 0.222. The molecular weight excluding hydrogens is 562 g/mol. The third-order valence-electron chi connectivity index (χ3n) is 6.03.